The molecule has 0 heterocycles. The number of hydrogen-bond acceptors (Lipinski definition) is 2. The number of nitrogens with one attached hydrogen (secondary N) is 1. The summed E-state index contributed by atoms with van der Waals surface area (Å²) in [4.78, 5) is 0. The van der Waals surface area contributed by atoms with Gasteiger partial charge >= 0.3 is 0 Å². The smallest absolute Gasteiger partial charge is 0.134 e. The van der Waals surface area contributed by atoms with Crippen LogP contribution in [0.2, 0.25) is 0 Å². The zero-order valence-electron chi connectivity index (χ0n) is 10.6. The molecule has 0 amide bonds. The van der Waals surface area contributed by atoms with Crippen molar-refractivity contribution < 1.29 is 5.11 Å². The van der Waals surface area contributed by atoms with Gasteiger partial charge in [-0.25, -0.2) is 0 Å². The lowest BCUT2D eigenvalue weighted by Gasteiger charge is -2.12. The number of phenolic OH excluding ortho intramolecular Hbond substituents is 1. The molecule has 0 aliphatic carbocycles. The average molecular weight is 385 g/mol. The van der Waals surface area contributed by atoms with E-state index in [-0.39, 0.29) is 5.75 Å². The Labute approximate surface area is 130 Å². The number of anilines is 1. The van der Waals surface area contributed by atoms with Crippen molar-refractivity contribution in [3.8, 4) is 5.75 Å². The molecule has 0 fully saturated rings. The van der Waals surface area contributed by atoms with E-state index < -0.39 is 0 Å². The predicted molar refractivity (Wildman–Crippen MR) is 86.7 cm³/mol. The van der Waals surface area contributed by atoms with E-state index >= 15 is 0 Å². The highest BCUT2D eigenvalue weighted by Gasteiger charge is 2.08. The van der Waals surface area contributed by atoms with Gasteiger partial charge < -0.3 is 10.4 Å². The molecule has 2 nitrogen and oxygen atoms in total. The van der Waals surface area contributed by atoms with E-state index in [0.29, 0.717) is 11.0 Å². The van der Waals surface area contributed by atoms with Gasteiger partial charge in [0.2, 0.25) is 0 Å². The highest BCUT2D eigenvalue weighted by atomic mass is 79.9. The molecule has 0 saturated carbocycles. The number of aromatic hydroxyl groups is 1. The fraction of sp³-hybridized carbons (Fsp3) is 0.200. The van der Waals surface area contributed by atoms with Crippen LogP contribution in [0.3, 0.4) is 0 Å². The minimum Gasteiger partial charge on any atom is -0.506 e. The monoisotopic (exact) mass is 383 g/mol. The quantitative estimate of drug-likeness (QED) is 0.769. The summed E-state index contributed by atoms with van der Waals surface area (Å²) in [7, 11) is 0. The number of rotatable bonds is 4. The zero-order valence-corrected chi connectivity index (χ0v) is 13.8. The molecule has 0 aromatic heterocycles. The van der Waals surface area contributed by atoms with Crippen LogP contribution in [0.4, 0.5) is 5.69 Å². The summed E-state index contributed by atoms with van der Waals surface area (Å²) in [6.45, 7) is 2.72. The molecule has 0 saturated heterocycles. The first kappa shape index (κ1) is 14.4. The fourth-order valence-electron chi connectivity index (χ4n) is 1.95. The van der Waals surface area contributed by atoms with Crippen LogP contribution >= 0.6 is 31.9 Å². The number of hydrogen-bond donors (Lipinski definition) is 2. The Hall–Kier alpha value is -1.000. The number of benzene rings is 2. The van der Waals surface area contributed by atoms with Gasteiger partial charge in [0.1, 0.15) is 5.75 Å². The zero-order chi connectivity index (χ0) is 13.8. The summed E-state index contributed by atoms with van der Waals surface area (Å²) in [5.74, 6) is 0.282. The first-order chi connectivity index (χ1) is 9.11. The van der Waals surface area contributed by atoms with Crippen molar-refractivity contribution in [2.75, 3.05) is 5.32 Å². The molecule has 2 N–H and O–H groups in total. The van der Waals surface area contributed by atoms with Crippen LogP contribution in [0.25, 0.3) is 0 Å². The second-order valence-electron chi connectivity index (χ2n) is 4.26. The van der Waals surface area contributed by atoms with Crippen LogP contribution in [-0.2, 0) is 13.0 Å². The van der Waals surface area contributed by atoms with Crippen molar-refractivity contribution in [1.29, 1.82) is 0 Å². The summed E-state index contributed by atoms with van der Waals surface area (Å²) in [6, 6.07) is 12.0. The van der Waals surface area contributed by atoms with Gasteiger partial charge in [-0.1, -0.05) is 41.1 Å². The van der Waals surface area contributed by atoms with Crippen molar-refractivity contribution >= 4 is 37.5 Å². The van der Waals surface area contributed by atoms with E-state index in [1.54, 1.807) is 0 Å². The number of phenols is 1. The first-order valence-corrected chi connectivity index (χ1v) is 7.69. The minimum absolute atomic E-state index is 0.282. The van der Waals surface area contributed by atoms with Crippen molar-refractivity contribution in [2.45, 2.75) is 19.9 Å². The topological polar surface area (TPSA) is 32.3 Å². The largest absolute Gasteiger partial charge is 0.506 e. The standard InChI is InChI=1S/C15H15Br2NO/c1-2-10-5-3-4-6-14(10)18-9-11-7-12(16)8-13(17)15(11)19/h3-8,18-19H,2,9H2,1H3. The van der Waals surface area contributed by atoms with Crippen molar-refractivity contribution in [1.82, 2.24) is 0 Å². The Morgan fingerprint density at radius 3 is 2.58 bits per heavy atom. The van der Waals surface area contributed by atoms with Gasteiger partial charge in [0.05, 0.1) is 4.47 Å². The highest BCUT2D eigenvalue weighted by molar-refractivity contribution is 9.11. The second kappa shape index (κ2) is 6.44. The lowest BCUT2D eigenvalue weighted by molar-refractivity contribution is 0.465. The summed E-state index contributed by atoms with van der Waals surface area (Å²) in [5, 5.41) is 13.4. The molecular weight excluding hydrogens is 370 g/mol. The summed E-state index contributed by atoms with van der Waals surface area (Å²) >= 11 is 6.78. The molecular formula is C15H15Br2NO. The van der Waals surface area contributed by atoms with Gasteiger partial charge in [-0.15, -0.1) is 0 Å². The fourth-order valence-corrected chi connectivity index (χ4v) is 3.26. The van der Waals surface area contributed by atoms with Gasteiger partial charge in [-0.3, -0.25) is 0 Å². The maximum atomic E-state index is 10.0. The van der Waals surface area contributed by atoms with Crippen LogP contribution in [0, 0.1) is 0 Å². The van der Waals surface area contributed by atoms with Gasteiger partial charge in [0.25, 0.3) is 0 Å². The molecule has 0 aliphatic rings. The van der Waals surface area contributed by atoms with Crippen LogP contribution in [0.5, 0.6) is 5.75 Å². The molecule has 2 aromatic carbocycles. The molecule has 4 heteroatoms. The van der Waals surface area contributed by atoms with Crippen molar-refractivity contribution in [3.63, 3.8) is 0 Å². The Morgan fingerprint density at radius 1 is 1.11 bits per heavy atom. The molecule has 0 aliphatic heterocycles. The van der Waals surface area contributed by atoms with E-state index in [0.717, 1.165) is 22.1 Å². The predicted octanol–water partition coefficient (Wildman–Crippen LogP) is 5.09. The molecule has 0 radical (unpaired) electrons. The molecule has 19 heavy (non-hydrogen) atoms. The SMILES string of the molecule is CCc1ccccc1NCc1cc(Br)cc(Br)c1O. The lowest BCUT2D eigenvalue weighted by atomic mass is 10.1. The van der Waals surface area contributed by atoms with E-state index in [2.05, 4.69) is 56.2 Å². The number of para-hydroxylation sites is 1. The summed E-state index contributed by atoms with van der Waals surface area (Å²) in [6.07, 6.45) is 0.983. The Kier molecular flexibility index (Phi) is 4.88. The van der Waals surface area contributed by atoms with E-state index in [9.17, 15) is 5.11 Å². The van der Waals surface area contributed by atoms with Crippen LogP contribution in [-0.4, -0.2) is 5.11 Å². The van der Waals surface area contributed by atoms with Gasteiger partial charge in [0.15, 0.2) is 0 Å². The molecule has 0 bridgehead atoms. The minimum atomic E-state index is 0.282. The third-order valence-corrected chi connectivity index (χ3v) is 4.04. The third kappa shape index (κ3) is 3.51. The Morgan fingerprint density at radius 2 is 1.84 bits per heavy atom. The molecule has 0 atom stereocenters. The maximum absolute atomic E-state index is 10.0. The lowest BCUT2D eigenvalue weighted by Crippen LogP contribution is -2.02. The molecule has 2 aromatic rings. The molecule has 100 valence electrons. The summed E-state index contributed by atoms with van der Waals surface area (Å²) < 4.78 is 1.64. The summed E-state index contributed by atoms with van der Waals surface area (Å²) in [5.41, 5.74) is 3.24. The first-order valence-electron chi connectivity index (χ1n) is 6.10. The molecule has 2 rings (SSSR count). The molecule has 0 spiro atoms. The molecule has 0 unspecified atom stereocenters. The van der Waals surface area contributed by atoms with E-state index in [4.69, 9.17) is 0 Å². The van der Waals surface area contributed by atoms with Gasteiger partial charge in [-0.2, -0.15) is 0 Å². The van der Waals surface area contributed by atoms with Crippen LogP contribution < -0.4 is 5.32 Å². The van der Waals surface area contributed by atoms with E-state index in [1.165, 1.54) is 5.56 Å². The average Bonchev–Trinajstić information content (AvgIpc) is 2.41. The van der Waals surface area contributed by atoms with Crippen molar-refractivity contribution in [2.24, 2.45) is 0 Å². The normalized spacial score (nSPS) is 10.5. The van der Waals surface area contributed by atoms with Gasteiger partial charge in [-0.05, 0) is 46.1 Å². The number of aryl methyl sites for hydroxylation is 1. The van der Waals surface area contributed by atoms with Gasteiger partial charge in [0, 0.05) is 22.3 Å². The maximum Gasteiger partial charge on any atom is 0.134 e. The number of halogens is 2. The highest BCUT2D eigenvalue weighted by Crippen LogP contribution is 2.32. The Balaban J connectivity index is 2.19. The van der Waals surface area contributed by atoms with E-state index in [1.807, 2.05) is 24.3 Å². The van der Waals surface area contributed by atoms with Crippen molar-refractivity contribution in [3.05, 3.63) is 56.5 Å². The third-order valence-electron chi connectivity index (χ3n) is 2.97. The van der Waals surface area contributed by atoms with Crippen LogP contribution in [0.1, 0.15) is 18.1 Å². The second-order valence-corrected chi connectivity index (χ2v) is 6.03. The van der Waals surface area contributed by atoms with Crippen LogP contribution in [0.15, 0.2) is 45.3 Å². The Bertz CT molecular complexity index is 584.